The number of halogens is 1. The van der Waals surface area contributed by atoms with Crippen molar-refractivity contribution >= 4 is 23.2 Å². The molecule has 13 nitrogen and oxygen atoms in total. The Morgan fingerprint density at radius 3 is 2.64 bits per heavy atom. The predicted octanol–water partition coefficient (Wildman–Crippen LogP) is 2.80. The van der Waals surface area contributed by atoms with E-state index in [2.05, 4.69) is 31.6 Å². The van der Waals surface area contributed by atoms with Crippen molar-refractivity contribution in [3.8, 4) is 17.0 Å². The van der Waals surface area contributed by atoms with E-state index in [4.69, 9.17) is 21.1 Å². The first-order valence-electron chi connectivity index (χ1n) is 13.2. The van der Waals surface area contributed by atoms with Gasteiger partial charge in [0.05, 0.1) is 42.9 Å². The molecule has 0 radical (unpaired) electrons. The molecule has 1 aliphatic rings. The lowest BCUT2D eigenvalue weighted by Crippen LogP contribution is -2.36. The van der Waals surface area contributed by atoms with Crippen LogP contribution in [0.25, 0.3) is 11.3 Å². The fraction of sp³-hybridized carbons (Fsp3) is 0.321. The summed E-state index contributed by atoms with van der Waals surface area (Å²) in [5.74, 6) is 0.309. The quantitative estimate of drug-likeness (QED) is 0.0701. The number of ether oxygens (including phenoxy) is 2. The molecule has 0 spiro atoms. The maximum absolute atomic E-state index is 12.8. The summed E-state index contributed by atoms with van der Waals surface area (Å²) >= 11 is 6.49. The Kier molecular flexibility index (Phi) is 10.8. The molecule has 4 rings (SSSR count). The molecule has 1 aliphatic carbocycles. The lowest BCUT2D eigenvalue weighted by atomic mass is 10.0. The van der Waals surface area contributed by atoms with Crippen LogP contribution in [0.2, 0.25) is 0 Å². The number of nitrogens with one attached hydrogen (secondary N) is 4. The first kappa shape index (κ1) is 30.8. The SMILES string of the molecule is CNc1ccc(C(=O)NC2=C(N(O)O)CC(Cl)C(NCCNCOCc3c(-c4ccccc4OC)nnn3C)=C2)cc1. The molecular weight excluding hydrogens is 564 g/mol. The summed E-state index contributed by atoms with van der Waals surface area (Å²) in [5, 5.41) is 39.5. The van der Waals surface area contributed by atoms with E-state index in [-0.39, 0.29) is 29.8 Å². The molecule has 42 heavy (non-hydrogen) atoms. The van der Waals surface area contributed by atoms with Gasteiger partial charge in [-0.25, -0.2) is 4.68 Å². The molecule has 0 saturated carbocycles. The number of rotatable bonds is 14. The molecule has 0 aliphatic heterocycles. The fourth-order valence-electron chi connectivity index (χ4n) is 4.34. The zero-order valence-corrected chi connectivity index (χ0v) is 24.4. The van der Waals surface area contributed by atoms with E-state index in [1.54, 1.807) is 49.2 Å². The van der Waals surface area contributed by atoms with Crippen molar-refractivity contribution in [2.24, 2.45) is 7.05 Å². The number of nitrogens with zero attached hydrogens (tertiary/aromatic N) is 4. The molecule has 1 unspecified atom stereocenters. The first-order valence-corrected chi connectivity index (χ1v) is 13.7. The van der Waals surface area contributed by atoms with Crippen LogP contribution in [-0.4, -0.2) is 75.9 Å². The van der Waals surface area contributed by atoms with Crippen LogP contribution >= 0.6 is 11.6 Å². The number of methoxy groups -OCH3 is 1. The van der Waals surface area contributed by atoms with Gasteiger partial charge in [-0.15, -0.1) is 21.9 Å². The zero-order chi connectivity index (χ0) is 30.1. The number of aryl methyl sites for hydroxylation is 1. The molecule has 1 amide bonds. The minimum absolute atomic E-state index is 0.0155. The van der Waals surface area contributed by atoms with Crippen molar-refractivity contribution in [3.63, 3.8) is 0 Å². The number of benzene rings is 2. The summed E-state index contributed by atoms with van der Waals surface area (Å²) in [4.78, 5) is 12.8. The van der Waals surface area contributed by atoms with Crippen molar-refractivity contribution < 1.29 is 24.7 Å². The molecule has 2 aromatic carbocycles. The second-order valence-electron chi connectivity index (χ2n) is 9.33. The minimum Gasteiger partial charge on any atom is -0.496 e. The highest BCUT2D eigenvalue weighted by atomic mass is 35.5. The molecule has 1 heterocycles. The van der Waals surface area contributed by atoms with Crippen molar-refractivity contribution in [1.82, 2.24) is 36.2 Å². The van der Waals surface area contributed by atoms with Crippen LogP contribution in [0, 0.1) is 0 Å². The highest BCUT2D eigenvalue weighted by Crippen LogP contribution is 2.30. The van der Waals surface area contributed by atoms with Crippen LogP contribution in [0.5, 0.6) is 5.75 Å². The van der Waals surface area contributed by atoms with E-state index >= 15 is 0 Å². The third-order valence-electron chi connectivity index (χ3n) is 6.62. The monoisotopic (exact) mass is 598 g/mol. The number of amides is 1. The molecule has 6 N–H and O–H groups in total. The topological polar surface area (TPSA) is 158 Å². The smallest absolute Gasteiger partial charge is 0.255 e. The number of aromatic nitrogens is 3. The number of para-hydroxylation sites is 1. The van der Waals surface area contributed by atoms with Gasteiger partial charge in [0.1, 0.15) is 11.4 Å². The van der Waals surface area contributed by atoms with E-state index in [0.717, 1.165) is 16.9 Å². The van der Waals surface area contributed by atoms with Gasteiger partial charge in [-0.2, -0.15) is 0 Å². The summed E-state index contributed by atoms with van der Waals surface area (Å²) in [6.07, 6.45) is 1.69. The Hall–Kier alpha value is -4.14. The minimum atomic E-state index is -0.556. The van der Waals surface area contributed by atoms with Crippen molar-refractivity contribution in [3.05, 3.63) is 83.0 Å². The van der Waals surface area contributed by atoms with Gasteiger partial charge in [0, 0.05) is 56.1 Å². The number of carbonyl (C=O) groups excluding carboxylic acids is 1. The normalized spacial score (nSPS) is 14.8. The van der Waals surface area contributed by atoms with Crippen LogP contribution in [0.4, 0.5) is 5.69 Å². The van der Waals surface area contributed by atoms with Gasteiger partial charge in [0.2, 0.25) is 0 Å². The van der Waals surface area contributed by atoms with Gasteiger partial charge in [-0.05, 0) is 42.5 Å². The Morgan fingerprint density at radius 2 is 1.93 bits per heavy atom. The van der Waals surface area contributed by atoms with E-state index in [9.17, 15) is 15.2 Å². The maximum Gasteiger partial charge on any atom is 0.255 e. The third kappa shape index (κ3) is 7.57. The Balaban J connectivity index is 1.28. The van der Waals surface area contributed by atoms with Crippen LogP contribution < -0.4 is 26.0 Å². The first-order chi connectivity index (χ1) is 20.3. The molecular formula is C28H35ClN8O5. The van der Waals surface area contributed by atoms with Crippen molar-refractivity contribution in [1.29, 1.82) is 0 Å². The molecule has 0 saturated heterocycles. The average molecular weight is 599 g/mol. The van der Waals surface area contributed by atoms with Crippen LogP contribution in [-0.2, 0) is 18.4 Å². The molecule has 0 bridgehead atoms. The largest absolute Gasteiger partial charge is 0.496 e. The van der Waals surface area contributed by atoms with Crippen molar-refractivity contribution in [2.75, 3.05) is 39.3 Å². The van der Waals surface area contributed by atoms with Gasteiger partial charge >= 0.3 is 0 Å². The summed E-state index contributed by atoms with van der Waals surface area (Å²) < 4.78 is 13.0. The number of allylic oxidation sites excluding steroid dienone is 3. The summed E-state index contributed by atoms with van der Waals surface area (Å²) in [6, 6.07) is 14.5. The number of anilines is 1. The highest BCUT2D eigenvalue weighted by molar-refractivity contribution is 6.22. The molecule has 224 valence electrons. The predicted molar refractivity (Wildman–Crippen MR) is 157 cm³/mol. The standard InChI is InChI=1S/C28H35ClN8O5/c1-30-19-10-8-18(9-11-19)28(38)33-23-15-22(21(29)14-24(23)37(39)40)32-13-12-31-17-42-16-25-27(34-35-36(25)2)20-6-4-5-7-26(20)41-3/h4-11,15,21,30-32,39-40H,12-14,16-17H2,1-3H3,(H,33,38). The highest BCUT2D eigenvalue weighted by Gasteiger charge is 2.26. The number of hydroxylamine groups is 2. The summed E-state index contributed by atoms with van der Waals surface area (Å²) in [5.41, 5.74) is 4.57. The van der Waals surface area contributed by atoms with Gasteiger partial charge in [0.15, 0.2) is 0 Å². The Bertz CT molecular complexity index is 1420. The molecule has 14 heteroatoms. The number of hydrogen-bond acceptors (Lipinski definition) is 11. The fourth-order valence-corrected chi connectivity index (χ4v) is 4.62. The van der Waals surface area contributed by atoms with E-state index < -0.39 is 11.3 Å². The van der Waals surface area contributed by atoms with Crippen molar-refractivity contribution in [2.45, 2.75) is 18.4 Å². The zero-order valence-electron chi connectivity index (χ0n) is 23.6. The lowest BCUT2D eigenvalue weighted by molar-refractivity contribution is -0.281. The van der Waals surface area contributed by atoms with E-state index in [0.29, 0.717) is 42.4 Å². The Labute approximate surface area is 248 Å². The summed E-state index contributed by atoms with van der Waals surface area (Å²) in [6.45, 7) is 1.62. The van der Waals surface area contributed by atoms with E-state index in [1.165, 1.54) is 0 Å². The molecule has 0 fully saturated rings. The molecule has 1 aromatic heterocycles. The van der Waals surface area contributed by atoms with E-state index in [1.807, 2.05) is 31.3 Å². The second kappa shape index (κ2) is 14.7. The molecule has 1 atom stereocenters. The summed E-state index contributed by atoms with van der Waals surface area (Å²) in [7, 11) is 5.21. The van der Waals surface area contributed by atoms with Gasteiger partial charge in [-0.3, -0.25) is 20.5 Å². The maximum atomic E-state index is 12.8. The van der Waals surface area contributed by atoms with Crippen LogP contribution in [0.1, 0.15) is 22.5 Å². The third-order valence-corrected chi connectivity index (χ3v) is 7.01. The van der Waals surface area contributed by atoms with Gasteiger partial charge in [-0.1, -0.05) is 17.3 Å². The second-order valence-corrected chi connectivity index (χ2v) is 9.86. The lowest BCUT2D eigenvalue weighted by Gasteiger charge is -2.27. The average Bonchev–Trinajstić information content (AvgIpc) is 3.37. The van der Waals surface area contributed by atoms with Gasteiger partial charge in [0.25, 0.3) is 5.91 Å². The number of hydrogen-bond donors (Lipinski definition) is 6. The molecule has 3 aromatic rings. The van der Waals surface area contributed by atoms with Crippen LogP contribution in [0.3, 0.4) is 0 Å². The number of carbonyl (C=O) groups is 1. The van der Waals surface area contributed by atoms with Gasteiger partial charge < -0.3 is 25.4 Å². The van der Waals surface area contributed by atoms with Crippen LogP contribution in [0.15, 0.2) is 71.7 Å². The Morgan fingerprint density at radius 1 is 1.17 bits per heavy atom. The number of alkyl halides is 1.